The normalized spacial score (nSPS) is 15.8. The Labute approximate surface area is 200 Å². The smallest absolute Gasteiger partial charge is 0.262 e. The van der Waals surface area contributed by atoms with Gasteiger partial charge in [0.05, 0.1) is 18.6 Å². The molecule has 4 rings (SSSR count). The topological polar surface area (TPSA) is 90.9 Å². The molecule has 2 atom stereocenters. The van der Waals surface area contributed by atoms with E-state index in [1.165, 1.54) is 42.3 Å². The first-order chi connectivity index (χ1) is 16.3. The number of nitrogens with one attached hydrogen (secondary N) is 1. The number of anilines is 2. The van der Waals surface area contributed by atoms with Crippen LogP contribution in [0.2, 0.25) is 5.02 Å². The molecule has 1 N–H and O–H groups in total. The second-order valence-corrected chi connectivity index (χ2v) is 8.04. The summed E-state index contributed by atoms with van der Waals surface area (Å²) >= 11 is 6.36. The number of carbonyl (C=O) groups is 2. The molecule has 0 aromatic heterocycles. The molecule has 2 unspecified atom stereocenters. The Balaban J connectivity index is 1.92. The predicted octanol–water partition coefficient (Wildman–Crippen LogP) is 4.17. The fourth-order valence-electron chi connectivity index (χ4n) is 3.85. The minimum Gasteiger partial charge on any atom is -0.546 e. The van der Waals surface area contributed by atoms with E-state index >= 15 is 0 Å². The van der Waals surface area contributed by atoms with E-state index in [1.54, 1.807) is 37.3 Å². The van der Waals surface area contributed by atoms with Gasteiger partial charge in [-0.3, -0.25) is 9.69 Å². The molecule has 34 heavy (non-hydrogen) atoms. The van der Waals surface area contributed by atoms with Gasteiger partial charge in [-0.2, -0.15) is 0 Å². The third-order valence-corrected chi connectivity index (χ3v) is 5.71. The highest BCUT2D eigenvalue weighted by molar-refractivity contribution is 6.31. The van der Waals surface area contributed by atoms with Crippen LogP contribution in [0, 0.1) is 5.82 Å². The van der Waals surface area contributed by atoms with Crippen molar-refractivity contribution in [1.29, 1.82) is 0 Å². The van der Waals surface area contributed by atoms with Crippen LogP contribution >= 0.6 is 11.6 Å². The fourth-order valence-corrected chi connectivity index (χ4v) is 4.07. The zero-order valence-corrected chi connectivity index (χ0v) is 19.1. The largest absolute Gasteiger partial charge is 0.546 e. The lowest BCUT2D eigenvalue weighted by molar-refractivity contribution is -0.313. The number of carboxylic acids is 1. The number of benzene rings is 3. The maximum Gasteiger partial charge on any atom is 0.262 e. The summed E-state index contributed by atoms with van der Waals surface area (Å²) in [7, 11) is 1.40. The molecular formula is C25H21ClFN2O5-. The highest BCUT2D eigenvalue weighted by atomic mass is 35.5. The number of carboxylic acid groups (broad SMARTS) is 1. The summed E-state index contributed by atoms with van der Waals surface area (Å²) in [6.07, 6.45) is -2.01. The van der Waals surface area contributed by atoms with Gasteiger partial charge in [0.15, 0.2) is 11.5 Å². The molecule has 1 aliphatic rings. The predicted molar refractivity (Wildman–Crippen MR) is 124 cm³/mol. The number of hydrogen-bond donors (Lipinski definition) is 1. The highest BCUT2D eigenvalue weighted by Crippen LogP contribution is 2.44. The van der Waals surface area contributed by atoms with Crippen LogP contribution in [0.3, 0.4) is 0 Å². The van der Waals surface area contributed by atoms with Crippen molar-refractivity contribution < 1.29 is 28.6 Å². The number of ether oxygens (including phenoxy) is 2. The zero-order chi connectivity index (χ0) is 24.4. The van der Waals surface area contributed by atoms with Crippen LogP contribution in [-0.2, 0) is 4.79 Å². The summed E-state index contributed by atoms with van der Waals surface area (Å²) in [6, 6.07) is 15.5. The van der Waals surface area contributed by atoms with Gasteiger partial charge in [-0.1, -0.05) is 30.7 Å². The van der Waals surface area contributed by atoms with Crippen molar-refractivity contribution >= 4 is 34.9 Å². The lowest BCUT2D eigenvalue weighted by Crippen LogP contribution is -2.44. The first kappa shape index (κ1) is 23.4. The van der Waals surface area contributed by atoms with Crippen molar-refractivity contribution in [3.63, 3.8) is 0 Å². The van der Waals surface area contributed by atoms with E-state index in [9.17, 15) is 19.1 Å². The van der Waals surface area contributed by atoms with Gasteiger partial charge < -0.3 is 24.7 Å². The van der Waals surface area contributed by atoms with Gasteiger partial charge >= 0.3 is 0 Å². The van der Waals surface area contributed by atoms with Crippen LogP contribution in [0.15, 0.2) is 60.7 Å². The lowest BCUT2D eigenvalue weighted by Gasteiger charge is -2.39. The van der Waals surface area contributed by atoms with E-state index in [2.05, 4.69) is 5.32 Å². The Hall–Kier alpha value is -3.78. The summed E-state index contributed by atoms with van der Waals surface area (Å²) in [5, 5.41) is 15.2. The van der Waals surface area contributed by atoms with Crippen LogP contribution in [0.5, 0.6) is 11.5 Å². The number of halogens is 2. The molecule has 0 spiro atoms. The Morgan fingerprint density at radius 3 is 2.56 bits per heavy atom. The number of para-hydroxylation sites is 1. The van der Waals surface area contributed by atoms with Crippen molar-refractivity contribution in [1.82, 2.24) is 0 Å². The fraction of sp³-hybridized carbons (Fsp3) is 0.200. The average molecular weight is 484 g/mol. The second kappa shape index (κ2) is 9.61. The minimum absolute atomic E-state index is 0.0970. The molecule has 7 nitrogen and oxygen atoms in total. The molecule has 0 radical (unpaired) electrons. The van der Waals surface area contributed by atoms with Gasteiger partial charge in [0.25, 0.3) is 5.91 Å². The van der Waals surface area contributed by atoms with Crippen LogP contribution in [0.4, 0.5) is 15.8 Å². The number of aliphatic carboxylic acids is 1. The molecule has 3 aromatic rings. The van der Waals surface area contributed by atoms with E-state index < -0.39 is 24.1 Å². The van der Waals surface area contributed by atoms with E-state index in [4.69, 9.17) is 21.1 Å². The number of fused-ring (bicyclic) bond motifs is 1. The number of hydrogen-bond acceptors (Lipinski definition) is 6. The third kappa shape index (κ3) is 4.36. The van der Waals surface area contributed by atoms with Gasteiger partial charge in [0.1, 0.15) is 18.1 Å². The van der Waals surface area contributed by atoms with Crippen molar-refractivity contribution in [2.45, 2.75) is 25.6 Å². The van der Waals surface area contributed by atoms with Gasteiger partial charge in [-0.05, 0) is 48.9 Å². The minimum atomic E-state index is -1.39. The monoisotopic (exact) mass is 483 g/mol. The molecule has 176 valence electrons. The van der Waals surface area contributed by atoms with Crippen LogP contribution in [0.1, 0.15) is 35.4 Å². The highest BCUT2D eigenvalue weighted by Gasteiger charge is 2.37. The third-order valence-electron chi connectivity index (χ3n) is 5.49. The summed E-state index contributed by atoms with van der Waals surface area (Å²) in [4.78, 5) is 26.6. The average Bonchev–Trinajstić information content (AvgIpc) is 2.83. The van der Waals surface area contributed by atoms with E-state index in [0.29, 0.717) is 22.5 Å². The van der Waals surface area contributed by atoms with E-state index in [0.717, 1.165) is 0 Å². The number of methoxy groups -OCH3 is 1. The summed E-state index contributed by atoms with van der Waals surface area (Å²) in [6.45, 7) is 1.64. The first-order valence-corrected chi connectivity index (χ1v) is 10.9. The van der Waals surface area contributed by atoms with E-state index in [1.807, 2.05) is 0 Å². The van der Waals surface area contributed by atoms with Gasteiger partial charge in [-0.15, -0.1) is 0 Å². The molecule has 1 heterocycles. The Morgan fingerprint density at radius 2 is 1.91 bits per heavy atom. The Bertz CT molecular complexity index is 1230. The number of rotatable bonds is 7. The van der Waals surface area contributed by atoms with Crippen LogP contribution in [0.25, 0.3) is 0 Å². The van der Waals surface area contributed by atoms with Crippen molar-refractivity contribution in [3.05, 3.63) is 82.6 Å². The number of nitrogens with zero attached hydrogens (tertiary/aromatic N) is 1. The Kier molecular flexibility index (Phi) is 6.61. The maximum absolute atomic E-state index is 13.6. The summed E-state index contributed by atoms with van der Waals surface area (Å²) in [5.41, 5.74) is 1.75. The first-order valence-electron chi connectivity index (χ1n) is 10.5. The van der Waals surface area contributed by atoms with Crippen LogP contribution in [-0.4, -0.2) is 25.1 Å². The van der Waals surface area contributed by atoms with Gasteiger partial charge in [0, 0.05) is 28.0 Å². The van der Waals surface area contributed by atoms with Crippen molar-refractivity contribution in [2.75, 3.05) is 17.3 Å². The van der Waals surface area contributed by atoms with Crippen LogP contribution < -0.4 is 24.8 Å². The van der Waals surface area contributed by atoms with Crippen molar-refractivity contribution in [2.24, 2.45) is 0 Å². The van der Waals surface area contributed by atoms with Crippen molar-refractivity contribution in [3.8, 4) is 11.5 Å². The molecule has 0 bridgehead atoms. The maximum atomic E-state index is 13.6. The quantitative estimate of drug-likeness (QED) is 0.542. The summed E-state index contributed by atoms with van der Waals surface area (Å²) < 4.78 is 24.9. The van der Waals surface area contributed by atoms with Gasteiger partial charge in [-0.25, -0.2) is 4.39 Å². The molecule has 0 saturated carbocycles. The zero-order valence-electron chi connectivity index (χ0n) is 18.4. The molecule has 1 amide bonds. The number of carbonyl (C=O) groups excluding carboxylic acids is 2. The Morgan fingerprint density at radius 1 is 1.21 bits per heavy atom. The standard InChI is InChI=1S/C25H22ClFN2O5/c1-3-20(25(31)32)34-22-18(12-14(26)13-21(22)33-2)23-28-19-7-5-4-6-17(19)24(30)29(23)16-10-8-15(27)9-11-16/h4-13,20,23,28H,3H2,1-2H3,(H,31,32)/p-1. The van der Waals surface area contributed by atoms with E-state index in [-0.39, 0.29) is 28.8 Å². The molecular weight excluding hydrogens is 463 g/mol. The lowest BCUT2D eigenvalue weighted by atomic mass is 10.0. The number of amides is 1. The molecule has 1 aliphatic heterocycles. The SMILES string of the molecule is CCC(Oc1c(OC)cc(Cl)cc1C1Nc2ccccc2C(=O)N1c1ccc(F)cc1)C(=O)[O-]. The molecule has 3 aromatic carbocycles. The molecule has 0 aliphatic carbocycles. The summed E-state index contributed by atoms with van der Waals surface area (Å²) in [5.74, 6) is -1.90. The molecule has 0 fully saturated rings. The molecule has 9 heteroatoms. The molecule has 0 saturated heterocycles. The second-order valence-electron chi connectivity index (χ2n) is 7.60. The van der Waals surface area contributed by atoms with Gasteiger partial charge in [0.2, 0.25) is 0 Å².